The molecule has 4 heteroatoms. The van der Waals surface area contributed by atoms with E-state index in [0.29, 0.717) is 17.1 Å². The lowest BCUT2D eigenvalue weighted by Gasteiger charge is -2.08. The maximum atomic E-state index is 13.2. The molecule has 2 aromatic carbocycles. The van der Waals surface area contributed by atoms with Crippen molar-refractivity contribution in [2.75, 3.05) is 11.2 Å². The fourth-order valence-corrected chi connectivity index (χ4v) is 2.12. The van der Waals surface area contributed by atoms with Crippen molar-refractivity contribution >= 4 is 23.2 Å². The van der Waals surface area contributed by atoms with Crippen LogP contribution in [0.5, 0.6) is 0 Å². The van der Waals surface area contributed by atoms with Crippen LogP contribution in [0.25, 0.3) is 0 Å². The van der Waals surface area contributed by atoms with Crippen LogP contribution < -0.4 is 5.32 Å². The molecule has 0 bridgehead atoms. The minimum atomic E-state index is -0.418. The summed E-state index contributed by atoms with van der Waals surface area (Å²) in [5, 5.41) is 2.76. The number of aryl methyl sites for hydroxylation is 2. The van der Waals surface area contributed by atoms with E-state index in [1.54, 1.807) is 13.0 Å². The highest BCUT2D eigenvalue weighted by Crippen LogP contribution is 2.15. The van der Waals surface area contributed by atoms with Gasteiger partial charge in [-0.2, -0.15) is 0 Å². The molecule has 0 atom stereocenters. The van der Waals surface area contributed by atoms with Gasteiger partial charge in [-0.05, 0) is 48.7 Å². The lowest BCUT2D eigenvalue weighted by Crippen LogP contribution is -2.13. The summed E-state index contributed by atoms with van der Waals surface area (Å²) in [5.74, 6) is -0.168. The minimum absolute atomic E-state index is 0.313. The molecule has 0 saturated carbocycles. The predicted molar refractivity (Wildman–Crippen MR) is 80.0 cm³/mol. The van der Waals surface area contributed by atoms with Gasteiger partial charge < -0.3 is 5.32 Å². The molecule has 0 heterocycles. The molecular formula is C16H15ClFNO. The summed E-state index contributed by atoms with van der Waals surface area (Å²) in [4.78, 5) is 12.1. The monoisotopic (exact) mass is 291 g/mol. The van der Waals surface area contributed by atoms with Gasteiger partial charge in [-0.15, -0.1) is 11.6 Å². The smallest absolute Gasteiger partial charge is 0.256 e. The van der Waals surface area contributed by atoms with Crippen molar-refractivity contribution in [3.05, 3.63) is 65.0 Å². The highest BCUT2D eigenvalue weighted by molar-refractivity contribution is 6.18. The average Bonchev–Trinajstić information content (AvgIpc) is 2.44. The Morgan fingerprint density at radius 1 is 1.20 bits per heavy atom. The Hall–Kier alpha value is -1.87. The number of carbonyl (C=O) groups excluding carboxylic acids is 1. The number of nitrogens with one attached hydrogen (secondary N) is 1. The van der Waals surface area contributed by atoms with Gasteiger partial charge in [0, 0.05) is 17.1 Å². The Morgan fingerprint density at radius 3 is 2.55 bits per heavy atom. The molecule has 2 nitrogen and oxygen atoms in total. The van der Waals surface area contributed by atoms with Gasteiger partial charge in [-0.1, -0.05) is 18.2 Å². The summed E-state index contributed by atoms with van der Waals surface area (Å²) in [6, 6.07) is 11.6. The summed E-state index contributed by atoms with van der Waals surface area (Å²) in [6.07, 6.45) is 0.790. The van der Waals surface area contributed by atoms with Gasteiger partial charge in [-0.3, -0.25) is 4.79 Å². The van der Waals surface area contributed by atoms with E-state index in [2.05, 4.69) is 5.32 Å². The van der Waals surface area contributed by atoms with Gasteiger partial charge in [0.2, 0.25) is 0 Å². The number of hydrogen-bond acceptors (Lipinski definition) is 1. The van der Waals surface area contributed by atoms with Crippen LogP contribution in [0.3, 0.4) is 0 Å². The molecule has 2 aromatic rings. The third-order valence-electron chi connectivity index (χ3n) is 3.04. The zero-order chi connectivity index (χ0) is 14.5. The van der Waals surface area contributed by atoms with Crippen molar-refractivity contribution in [1.82, 2.24) is 0 Å². The highest BCUT2D eigenvalue weighted by Gasteiger charge is 2.10. The molecule has 0 aliphatic rings. The van der Waals surface area contributed by atoms with Crippen molar-refractivity contribution in [3.8, 4) is 0 Å². The Morgan fingerprint density at radius 2 is 1.90 bits per heavy atom. The molecule has 20 heavy (non-hydrogen) atoms. The van der Waals surface area contributed by atoms with Crippen LogP contribution in [0.4, 0.5) is 10.1 Å². The van der Waals surface area contributed by atoms with E-state index in [1.807, 2.05) is 24.3 Å². The van der Waals surface area contributed by atoms with Gasteiger partial charge in [0.1, 0.15) is 5.82 Å². The quantitative estimate of drug-likeness (QED) is 0.842. The molecule has 0 aliphatic carbocycles. The molecule has 1 amide bonds. The topological polar surface area (TPSA) is 29.1 Å². The second kappa shape index (κ2) is 6.53. The Bertz CT molecular complexity index is 610. The minimum Gasteiger partial charge on any atom is -0.322 e. The van der Waals surface area contributed by atoms with E-state index in [0.717, 1.165) is 17.5 Å². The fourth-order valence-electron chi connectivity index (χ4n) is 1.90. The number of halogens is 2. The first-order chi connectivity index (χ1) is 9.60. The average molecular weight is 292 g/mol. The third kappa shape index (κ3) is 3.58. The molecule has 0 aliphatic heterocycles. The second-order valence-electron chi connectivity index (χ2n) is 4.55. The standard InChI is InChI=1S/C16H15ClFNO/c1-11-2-5-13(18)10-15(11)16(20)19-14-6-3-12(4-7-14)8-9-17/h2-7,10H,8-9H2,1H3,(H,19,20). The number of anilines is 1. The Kier molecular flexibility index (Phi) is 4.74. The van der Waals surface area contributed by atoms with Gasteiger partial charge in [0.05, 0.1) is 0 Å². The summed E-state index contributed by atoms with van der Waals surface area (Å²) >= 11 is 5.67. The van der Waals surface area contributed by atoms with Crippen LogP contribution >= 0.6 is 11.6 Å². The van der Waals surface area contributed by atoms with Gasteiger partial charge in [-0.25, -0.2) is 4.39 Å². The van der Waals surface area contributed by atoms with E-state index in [9.17, 15) is 9.18 Å². The third-order valence-corrected chi connectivity index (χ3v) is 3.23. The van der Waals surface area contributed by atoms with Crippen molar-refractivity contribution in [3.63, 3.8) is 0 Å². The fraction of sp³-hybridized carbons (Fsp3) is 0.188. The zero-order valence-corrected chi connectivity index (χ0v) is 11.9. The summed E-state index contributed by atoms with van der Waals surface area (Å²) < 4.78 is 13.2. The SMILES string of the molecule is Cc1ccc(F)cc1C(=O)Nc1ccc(CCCl)cc1. The Balaban J connectivity index is 2.13. The van der Waals surface area contributed by atoms with Gasteiger partial charge in [0.15, 0.2) is 0 Å². The van der Waals surface area contributed by atoms with Crippen molar-refractivity contribution < 1.29 is 9.18 Å². The number of hydrogen-bond donors (Lipinski definition) is 1. The van der Waals surface area contributed by atoms with Crippen LogP contribution in [0.2, 0.25) is 0 Å². The predicted octanol–water partition coefficient (Wildman–Crippen LogP) is 4.17. The van der Waals surface area contributed by atoms with Crippen LogP contribution in [0, 0.1) is 12.7 Å². The summed E-state index contributed by atoms with van der Waals surface area (Å²) in [6.45, 7) is 1.78. The number of alkyl halides is 1. The van der Waals surface area contributed by atoms with E-state index >= 15 is 0 Å². The molecule has 0 spiro atoms. The number of rotatable bonds is 4. The number of carbonyl (C=O) groups is 1. The highest BCUT2D eigenvalue weighted by atomic mass is 35.5. The summed E-state index contributed by atoms with van der Waals surface area (Å²) in [5.41, 5.74) is 2.87. The lowest BCUT2D eigenvalue weighted by molar-refractivity contribution is 0.102. The van der Waals surface area contributed by atoms with Gasteiger partial charge >= 0.3 is 0 Å². The molecule has 1 N–H and O–H groups in total. The maximum Gasteiger partial charge on any atom is 0.256 e. The number of benzene rings is 2. The van der Waals surface area contributed by atoms with Crippen molar-refractivity contribution in [2.24, 2.45) is 0 Å². The lowest BCUT2D eigenvalue weighted by atomic mass is 10.1. The van der Waals surface area contributed by atoms with E-state index < -0.39 is 5.82 Å². The molecule has 104 valence electrons. The molecule has 0 aromatic heterocycles. The molecule has 0 radical (unpaired) electrons. The van der Waals surface area contributed by atoms with Gasteiger partial charge in [0.25, 0.3) is 5.91 Å². The largest absolute Gasteiger partial charge is 0.322 e. The maximum absolute atomic E-state index is 13.2. The normalized spacial score (nSPS) is 10.3. The van der Waals surface area contributed by atoms with Crippen LogP contribution in [-0.2, 0) is 6.42 Å². The van der Waals surface area contributed by atoms with Crippen LogP contribution in [0.1, 0.15) is 21.5 Å². The summed E-state index contributed by atoms with van der Waals surface area (Å²) in [7, 11) is 0. The van der Waals surface area contributed by atoms with Crippen molar-refractivity contribution in [2.45, 2.75) is 13.3 Å². The van der Waals surface area contributed by atoms with Crippen molar-refractivity contribution in [1.29, 1.82) is 0 Å². The molecule has 0 unspecified atom stereocenters. The van der Waals surface area contributed by atoms with Crippen LogP contribution in [-0.4, -0.2) is 11.8 Å². The molecule has 0 fully saturated rings. The first kappa shape index (κ1) is 14.5. The number of amides is 1. The Labute approximate surface area is 122 Å². The molecule has 0 saturated heterocycles. The molecule has 2 rings (SSSR count). The first-order valence-electron chi connectivity index (χ1n) is 6.32. The van der Waals surface area contributed by atoms with E-state index in [4.69, 9.17) is 11.6 Å². The zero-order valence-electron chi connectivity index (χ0n) is 11.1. The first-order valence-corrected chi connectivity index (χ1v) is 6.86. The van der Waals surface area contributed by atoms with E-state index in [-0.39, 0.29) is 5.91 Å². The van der Waals surface area contributed by atoms with E-state index in [1.165, 1.54) is 12.1 Å². The second-order valence-corrected chi connectivity index (χ2v) is 4.93. The van der Waals surface area contributed by atoms with Crippen LogP contribution in [0.15, 0.2) is 42.5 Å². The molecular weight excluding hydrogens is 277 g/mol.